The summed E-state index contributed by atoms with van der Waals surface area (Å²) in [4.78, 5) is 22.9. The topological polar surface area (TPSA) is 111 Å². The van der Waals surface area contributed by atoms with Gasteiger partial charge in [-0.25, -0.2) is 4.79 Å². The predicted octanol–water partition coefficient (Wildman–Crippen LogP) is 2.08. The number of anilines is 1. The van der Waals surface area contributed by atoms with E-state index in [1.54, 1.807) is 24.3 Å². The quantitative estimate of drug-likeness (QED) is 0.688. The molecule has 0 radical (unpaired) electrons. The Labute approximate surface area is 154 Å². The van der Waals surface area contributed by atoms with Gasteiger partial charge >= 0.3 is 5.97 Å². The van der Waals surface area contributed by atoms with Crippen molar-refractivity contribution < 1.29 is 24.2 Å². The zero-order valence-corrected chi connectivity index (χ0v) is 15.0. The second-order valence-electron chi connectivity index (χ2n) is 5.97. The van der Waals surface area contributed by atoms with Crippen LogP contribution in [0.4, 0.5) is 5.13 Å². The summed E-state index contributed by atoms with van der Waals surface area (Å²) in [5.74, 6) is -0.292. The summed E-state index contributed by atoms with van der Waals surface area (Å²) in [5.41, 5.74) is 0.803. The molecule has 0 bridgehead atoms. The monoisotopic (exact) mass is 377 g/mol. The molecule has 1 aromatic carbocycles. The number of carbonyl (C=O) groups is 2. The third-order valence-corrected chi connectivity index (χ3v) is 4.89. The Kier molecular flexibility index (Phi) is 5.79. The van der Waals surface area contributed by atoms with Crippen LogP contribution in [0.15, 0.2) is 24.3 Å². The first-order valence-electron chi connectivity index (χ1n) is 8.15. The maximum atomic E-state index is 11.9. The SMILES string of the molecule is COC(Cc1ccc(OCC(=O)Nc2nnc(C3CC3)s2)cc1)C(=O)O. The summed E-state index contributed by atoms with van der Waals surface area (Å²) in [5, 5.41) is 21.1. The van der Waals surface area contributed by atoms with Crippen molar-refractivity contribution in [3.8, 4) is 5.75 Å². The molecule has 9 heteroatoms. The molecule has 1 heterocycles. The molecule has 1 fully saturated rings. The number of carbonyl (C=O) groups excluding carboxylic acids is 1. The van der Waals surface area contributed by atoms with Crippen LogP contribution in [0.5, 0.6) is 5.75 Å². The van der Waals surface area contributed by atoms with Crippen LogP contribution < -0.4 is 10.1 Å². The summed E-state index contributed by atoms with van der Waals surface area (Å²) < 4.78 is 10.3. The van der Waals surface area contributed by atoms with E-state index in [-0.39, 0.29) is 18.9 Å². The molecule has 1 atom stereocenters. The molecular formula is C17H19N3O5S. The van der Waals surface area contributed by atoms with Crippen molar-refractivity contribution in [1.82, 2.24) is 10.2 Å². The van der Waals surface area contributed by atoms with Gasteiger partial charge in [0.2, 0.25) is 5.13 Å². The molecule has 0 aliphatic heterocycles. The fourth-order valence-electron chi connectivity index (χ4n) is 2.29. The van der Waals surface area contributed by atoms with Crippen molar-refractivity contribution in [2.75, 3.05) is 19.0 Å². The van der Waals surface area contributed by atoms with Gasteiger partial charge in [-0.3, -0.25) is 10.1 Å². The number of ether oxygens (including phenoxy) is 2. The largest absolute Gasteiger partial charge is 0.484 e. The van der Waals surface area contributed by atoms with Crippen LogP contribution in [0.2, 0.25) is 0 Å². The first kappa shape index (κ1) is 18.3. The molecule has 1 amide bonds. The molecule has 1 aromatic heterocycles. The van der Waals surface area contributed by atoms with Crippen LogP contribution in [-0.2, 0) is 20.7 Å². The van der Waals surface area contributed by atoms with Crippen LogP contribution >= 0.6 is 11.3 Å². The van der Waals surface area contributed by atoms with E-state index in [0.717, 1.165) is 23.4 Å². The zero-order valence-electron chi connectivity index (χ0n) is 14.2. The average Bonchev–Trinajstić information content (AvgIpc) is 3.38. The van der Waals surface area contributed by atoms with E-state index in [9.17, 15) is 9.59 Å². The average molecular weight is 377 g/mol. The Morgan fingerprint density at radius 3 is 2.65 bits per heavy atom. The molecule has 0 spiro atoms. The number of aliphatic carboxylic acids is 1. The molecule has 1 saturated carbocycles. The summed E-state index contributed by atoms with van der Waals surface area (Å²) in [6.45, 7) is -0.145. The Morgan fingerprint density at radius 2 is 2.04 bits per heavy atom. The normalized spacial score (nSPS) is 14.7. The molecule has 8 nitrogen and oxygen atoms in total. The minimum absolute atomic E-state index is 0.145. The standard InChI is InChI=1S/C17H19N3O5S/c1-24-13(16(22)23)8-10-2-6-12(7-3-10)25-9-14(21)18-17-20-19-15(26-17)11-4-5-11/h2-3,6-7,11,13H,4-5,8-9H2,1H3,(H,22,23)(H,18,20,21). The molecule has 3 rings (SSSR count). The van der Waals surface area contributed by atoms with Crippen molar-refractivity contribution in [3.63, 3.8) is 0 Å². The maximum Gasteiger partial charge on any atom is 0.333 e. The number of rotatable bonds is 9. The van der Waals surface area contributed by atoms with Crippen molar-refractivity contribution in [2.45, 2.75) is 31.3 Å². The molecule has 0 saturated heterocycles. The third-order valence-electron chi connectivity index (χ3n) is 3.89. The van der Waals surface area contributed by atoms with Gasteiger partial charge in [0, 0.05) is 19.4 Å². The number of benzene rings is 1. The fourth-order valence-corrected chi connectivity index (χ4v) is 3.22. The number of nitrogens with one attached hydrogen (secondary N) is 1. The number of carboxylic acid groups (broad SMARTS) is 1. The van der Waals surface area contributed by atoms with Crippen molar-refractivity contribution in [1.29, 1.82) is 0 Å². The zero-order chi connectivity index (χ0) is 18.5. The van der Waals surface area contributed by atoms with E-state index >= 15 is 0 Å². The van der Waals surface area contributed by atoms with Crippen molar-refractivity contribution in [2.24, 2.45) is 0 Å². The van der Waals surface area contributed by atoms with E-state index in [1.165, 1.54) is 18.4 Å². The molecule has 138 valence electrons. The smallest absolute Gasteiger partial charge is 0.333 e. The maximum absolute atomic E-state index is 11.9. The molecule has 2 aromatic rings. The summed E-state index contributed by atoms with van der Waals surface area (Å²) >= 11 is 1.40. The van der Waals surface area contributed by atoms with E-state index in [4.69, 9.17) is 14.6 Å². The minimum Gasteiger partial charge on any atom is -0.484 e. The lowest BCUT2D eigenvalue weighted by Crippen LogP contribution is -2.24. The number of hydrogen-bond donors (Lipinski definition) is 2. The lowest BCUT2D eigenvalue weighted by Gasteiger charge is -2.11. The van der Waals surface area contributed by atoms with E-state index in [1.807, 2.05) is 0 Å². The predicted molar refractivity (Wildman–Crippen MR) is 94.6 cm³/mol. The van der Waals surface area contributed by atoms with Crippen molar-refractivity contribution >= 4 is 28.3 Å². The number of aromatic nitrogens is 2. The highest BCUT2D eigenvalue weighted by Gasteiger charge is 2.27. The lowest BCUT2D eigenvalue weighted by molar-refractivity contribution is -0.148. The minimum atomic E-state index is -1.01. The third kappa shape index (κ3) is 4.99. The van der Waals surface area contributed by atoms with Gasteiger partial charge in [0.1, 0.15) is 10.8 Å². The number of nitrogens with zero attached hydrogens (tertiary/aromatic N) is 2. The molecule has 1 unspecified atom stereocenters. The fraction of sp³-hybridized carbons (Fsp3) is 0.412. The van der Waals surface area contributed by atoms with Crippen LogP contribution in [0.1, 0.15) is 29.3 Å². The van der Waals surface area contributed by atoms with Crippen LogP contribution in [0.25, 0.3) is 0 Å². The van der Waals surface area contributed by atoms with Crippen molar-refractivity contribution in [3.05, 3.63) is 34.8 Å². The summed E-state index contributed by atoms with van der Waals surface area (Å²) in [6.07, 6.45) is 1.64. The van der Waals surface area contributed by atoms with Gasteiger partial charge in [0.25, 0.3) is 5.91 Å². The summed E-state index contributed by atoms with van der Waals surface area (Å²) in [6, 6.07) is 6.87. The van der Waals surface area contributed by atoms with Gasteiger partial charge in [-0.2, -0.15) is 0 Å². The van der Waals surface area contributed by atoms with E-state index in [0.29, 0.717) is 16.8 Å². The van der Waals surface area contributed by atoms with Gasteiger partial charge in [0.05, 0.1) is 0 Å². The lowest BCUT2D eigenvalue weighted by atomic mass is 10.1. The molecule has 1 aliphatic carbocycles. The van der Waals surface area contributed by atoms with Gasteiger partial charge < -0.3 is 14.6 Å². The van der Waals surface area contributed by atoms with Crippen LogP contribution in [-0.4, -0.2) is 47.0 Å². The highest BCUT2D eigenvalue weighted by Crippen LogP contribution is 2.41. The van der Waals surface area contributed by atoms with Gasteiger partial charge in [0.15, 0.2) is 12.7 Å². The number of methoxy groups -OCH3 is 1. The van der Waals surface area contributed by atoms with Crippen LogP contribution in [0.3, 0.4) is 0 Å². The number of hydrogen-bond acceptors (Lipinski definition) is 7. The summed E-state index contributed by atoms with van der Waals surface area (Å²) in [7, 11) is 1.36. The molecule has 1 aliphatic rings. The molecular weight excluding hydrogens is 358 g/mol. The molecule has 26 heavy (non-hydrogen) atoms. The Balaban J connectivity index is 1.46. The van der Waals surface area contributed by atoms with Gasteiger partial charge in [-0.05, 0) is 30.5 Å². The highest BCUT2D eigenvalue weighted by atomic mass is 32.1. The van der Waals surface area contributed by atoms with Gasteiger partial charge in [-0.15, -0.1) is 10.2 Å². The number of carboxylic acids is 1. The Morgan fingerprint density at radius 1 is 1.31 bits per heavy atom. The molecule has 2 N–H and O–H groups in total. The highest BCUT2D eigenvalue weighted by molar-refractivity contribution is 7.15. The van der Waals surface area contributed by atoms with E-state index in [2.05, 4.69) is 15.5 Å². The van der Waals surface area contributed by atoms with E-state index < -0.39 is 12.1 Å². The second-order valence-corrected chi connectivity index (χ2v) is 6.98. The second kappa shape index (κ2) is 8.24. The first-order valence-corrected chi connectivity index (χ1v) is 8.97. The first-order chi connectivity index (χ1) is 12.5. The Hall–Kier alpha value is -2.52. The Bertz CT molecular complexity index is 773. The van der Waals surface area contributed by atoms with Gasteiger partial charge in [-0.1, -0.05) is 23.5 Å². The number of amides is 1. The van der Waals surface area contributed by atoms with Crippen LogP contribution in [0, 0.1) is 0 Å².